The summed E-state index contributed by atoms with van der Waals surface area (Å²) in [7, 11) is 0. The molecule has 6 heteroatoms. The lowest BCUT2D eigenvalue weighted by molar-refractivity contribution is 0.0971. The normalized spacial score (nSPS) is 14.4. The molecule has 0 N–H and O–H groups in total. The number of anilines is 1. The van der Waals surface area contributed by atoms with Crippen LogP contribution in [0.3, 0.4) is 0 Å². The van der Waals surface area contributed by atoms with Crippen molar-refractivity contribution < 1.29 is 18.7 Å². The van der Waals surface area contributed by atoms with Gasteiger partial charge in [0.2, 0.25) is 5.76 Å². The van der Waals surface area contributed by atoms with E-state index in [2.05, 4.69) is 0 Å². The van der Waals surface area contributed by atoms with Crippen molar-refractivity contribution in [2.24, 2.45) is 0 Å². The average molecular weight is 560 g/mol. The summed E-state index contributed by atoms with van der Waals surface area (Å²) in [5.41, 5.74) is 7.13. The first-order chi connectivity index (χ1) is 20.3. The predicted molar refractivity (Wildman–Crippen MR) is 165 cm³/mol. The van der Waals surface area contributed by atoms with Gasteiger partial charge >= 0.3 is 0 Å². The Balaban J connectivity index is 1.52. The molecule has 6 rings (SSSR count). The molecular weight excluding hydrogens is 526 g/mol. The Labute approximate surface area is 245 Å². The first kappa shape index (κ1) is 27.3. The van der Waals surface area contributed by atoms with E-state index in [0.29, 0.717) is 46.9 Å². The van der Waals surface area contributed by atoms with Crippen LogP contribution in [0.5, 0.6) is 11.5 Å². The Bertz CT molecular complexity index is 1890. The molecule has 2 heterocycles. The topological polar surface area (TPSA) is 69.0 Å². The minimum Gasteiger partial charge on any atom is -0.490 e. The lowest BCUT2D eigenvalue weighted by Crippen LogP contribution is -2.29. The van der Waals surface area contributed by atoms with E-state index < -0.39 is 6.04 Å². The molecule has 1 aliphatic rings. The van der Waals surface area contributed by atoms with Gasteiger partial charge in [-0.05, 0) is 104 Å². The van der Waals surface area contributed by atoms with Crippen LogP contribution in [0.25, 0.3) is 11.0 Å². The number of hydrogen-bond acceptors (Lipinski definition) is 5. The summed E-state index contributed by atoms with van der Waals surface area (Å²) in [6.07, 6.45) is 0. The van der Waals surface area contributed by atoms with Gasteiger partial charge < -0.3 is 13.9 Å². The van der Waals surface area contributed by atoms with Crippen molar-refractivity contribution in [2.75, 3.05) is 11.5 Å². The van der Waals surface area contributed by atoms with Gasteiger partial charge in [-0.15, -0.1) is 0 Å². The molecule has 1 unspecified atom stereocenters. The second-order valence-electron chi connectivity index (χ2n) is 10.9. The smallest absolute Gasteiger partial charge is 0.295 e. The van der Waals surface area contributed by atoms with Crippen LogP contribution < -0.4 is 19.8 Å². The summed E-state index contributed by atoms with van der Waals surface area (Å²) in [5.74, 6) is 0.853. The van der Waals surface area contributed by atoms with E-state index in [9.17, 15) is 9.59 Å². The molecule has 1 atom stereocenters. The third kappa shape index (κ3) is 4.73. The van der Waals surface area contributed by atoms with Crippen molar-refractivity contribution in [1.82, 2.24) is 0 Å². The largest absolute Gasteiger partial charge is 0.490 e. The number of amides is 1. The van der Waals surface area contributed by atoms with E-state index in [1.165, 1.54) is 0 Å². The highest BCUT2D eigenvalue weighted by Crippen LogP contribution is 2.44. The highest BCUT2D eigenvalue weighted by molar-refractivity contribution is 6.10. The quantitative estimate of drug-likeness (QED) is 0.204. The van der Waals surface area contributed by atoms with Gasteiger partial charge in [0.05, 0.1) is 23.6 Å². The molecular formula is C36H33NO5. The van der Waals surface area contributed by atoms with E-state index in [1.807, 2.05) is 113 Å². The summed E-state index contributed by atoms with van der Waals surface area (Å²) in [6.45, 7) is 10.7. The van der Waals surface area contributed by atoms with Crippen LogP contribution in [-0.4, -0.2) is 12.5 Å². The molecule has 0 aliphatic carbocycles. The van der Waals surface area contributed by atoms with Crippen LogP contribution in [0.1, 0.15) is 62.5 Å². The van der Waals surface area contributed by atoms with Gasteiger partial charge in [0.25, 0.3) is 5.91 Å². The fourth-order valence-electron chi connectivity index (χ4n) is 5.50. The molecule has 1 amide bonds. The Morgan fingerprint density at radius 3 is 2.24 bits per heavy atom. The standard InChI is InChI=1S/C36H33NO5/c1-6-40-31-19-26(13-15-29(31)41-20-25-10-8-7-9-11-25)33-32-34(38)28-17-23(4)24(5)18-30(28)42-35(32)36(39)37(33)27-14-12-21(2)22(3)16-27/h7-19,33H,6,20H2,1-5H3. The summed E-state index contributed by atoms with van der Waals surface area (Å²) in [5, 5.41) is 0.462. The lowest BCUT2D eigenvalue weighted by atomic mass is 9.96. The maximum atomic E-state index is 14.2. The maximum absolute atomic E-state index is 14.2. The molecule has 0 spiro atoms. The van der Waals surface area contributed by atoms with Crippen LogP contribution in [0.4, 0.5) is 5.69 Å². The highest BCUT2D eigenvalue weighted by Gasteiger charge is 2.44. The fourth-order valence-corrected chi connectivity index (χ4v) is 5.50. The monoisotopic (exact) mass is 559 g/mol. The van der Waals surface area contributed by atoms with E-state index in [1.54, 1.807) is 4.90 Å². The Morgan fingerprint density at radius 2 is 1.50 bits per heavy atom. The average Bonchev–Trinajstić information content (AvgIpc) is 3.28. The molecule has 1 aliphatic heterocycles. The van der Waals surface area contributed by atoms with Crippen molar-refractivity contribution in [3.05, 3.63) is 134 Å². The number of rotatable bonds is 7. The lowest BCUT2D eigenvalue weighted by Gasteiger charge is -2.26. The van der Waals surface area contributed by atoms with Gasteiger partial charge in [0, 0.05) is 5.69 Å². The Hall–Kier alpha value is -4.84. The zero-order chi connectivity index (χ0) is 29.5. The molecule has 1 aromatic heterocycles. The summed E-state index contributed by atoms with van der Waals surface area (Å²) in [6, 6.07) is 24.4. The summed E-state index contributed by atoms with van der Waals surface area (Å²) < 4.78 is 18.4. The molecule has 0 radical (unpaired) electrons. The van der Waals surface area contributed by atoms with Crippen LogP contribution in [0.2, 0.25) is 0 Å². The van der Waals surface area contributed by atoms with E-state index in [0.717, 1.165) is 33.4 Å². The van der Waals surface area contributed by atoms with Gasteiger partial charge in [-0.3, -0.25) is 14.5 Å². The summed E-state index contributed by atoms with van der Waals surface area (Å²) >= 11 is 0. The number of aryl methyl sites for hydroxylation is 4. The Kier molecular flexibility index (Phi) is 7.07. The number of hydrogen-bond donors (Lipinski definition) is 0. The molecule has 5 aromatic rings. The minimum absolute atomic E-state index is 0.0707. The van der Waals surface area contributed by atoms with Crippen LogP contribution >= 0.6 is 0 Å². The van der Waals surface area contributed by atoms with Gasteiger partial charge in [0.15, 0.2) is 16.9 Å². The van der Waals surface area contributed by atoms with E-state index >= 15 is 0 Å². The molecule has 0 fully saturated rings. The van der Waals surface area contributed by atoms with Gasteiger partial charge in [-0.25, -0.2) is 0 Å². The third-order valence-electron chi connectivity index (χ3n) is 8.08. The van der Waals surface area contributed by atoms with E-state index in [4.69, 9.17) is 13.9 Å². The predicted octanol–water partition coefficient (Wildman–Crippen LogP) is 7.75. The summed E-state index contributed by atoms with van der Waals surface area (Å²) in [4.78, 5) is 29.9. The molecule has 0 saturated carbocycles. The number of fused-ring (bicyclic) bond motifs is 2. The number of nitrogens with zero attached hydrogens (tertiary/aromatic N) is 1. The SMILES string of the molecule is CCOc1cc(C2c3c(oc4cc(C)c(C)cc4c3=O)C(=O)N2c2ccc(C)c(C)c2)ccc1OCc1ccccc1. The second-order valence-corrected chi connectivity index (χ2v) is 10.9. The van der Waals surface area contributed by atoms with Crippen LogP contribution in [0.15, 0.2) is 88.1 Å². The number of carbonyl (C=O) groups is 1. The number of carbonyl (C=O) groups excluding carboxylic acids is 1. The van der Waals surface area contributed by atoms with Gasteiger partial charge in [-0.2, -0.15) is 0 Å². The zero-order valence-corrected chi connectivity index (χ0v) is 24.5. The van der Waals surface area contributed by atoms with E-state index in [-0.39, 0.29) is 17.1 Å². The molecule has 6 nitrogen and oxygen atoms in total. The molecule has 4 aromatic carbocycles. The van der Waals surface area contributed by atoms with Crippen molar-refractivity contribution in [3.8, 4) is 11.5 Å². The maximum Gasteiger partial charge on any atom is 0.295 e. The van der Waals surface area contributed by atoms with Gasteiger partial charge in [-0.1, -0.05) is 42.5 Å². The van der Waals surface area contributed by atoms with Gasteiger partial charge in [0.1, 0.15) is 12.2 Å². The fraction of sp³-hybridized carbons (Fsp3) is 0.222. The molecule has 212 valence electrons. The first-order valence-corrected chi connectivity index (χ1v) is 14.2. The van der Waals surface area contributed by atoms with Crippen molar-refractivity contribution >= 4 is 22.6 Å². The van der Waals surface area contributed by atoms with Crippen molar-refractivity contribution in [1.29, 1.82) is 0 Å². The van der Waals surface area contributed by atoms with Crippen LogP contribution in [-0.2, 0) is 6.61 Å². The molecule has 42 heavy (non-hydrogen) atoms. The number of benzene rings is 4. The Morgan fingerprint density at radius 1 is 0.762 bits per heavy atom. The molecule has 0 bridgehead atoms. The van der Waals surface area contributed by atoms with Crippen molar-refractivity contribution in [2.45, 2.75) is 47.3 Å². The zero-order valence-electron chi connectivity index (χ0n) is 24.5. The van der Waals surface area contributed by atoms with Crippen LogP contribution in [0, 0.1) is 27.7 Å². The first-order valence-electron chi connectivity index (χ1n) is 14.2. The highest BCUT2D eigenvalue weighted by atomic mass is 16.5. The number of ether oxygens (including phenoxy) is 2. The van der Waals surface area contributed by atoms with Crippen molar-refractivity contribution in [3.63, 3.8) is 0 Å². The minimum atomic E-state index is -0.709. The third-order valence-corrected chi connectivity index (χ3v) is 8.08. The molecule has 0 saturated heterocycles. The second kappa shape index (κ2) is 10.9.